The molecule has 10 heteroatoms. The summed E-state index contributed by atoms with van der Waals surface area (Å²) < 4.78 is 50.5. The van der Waals surface area contributed by atoms with Crippen LogP contribution in [0.4, 0.5) is 4.39 Å². The van der Waals surface area contributed by atoms with Gasteiger partial charge in [0.05, 0.1) is 9.92 Å². The van der Waals surface area contributed by atoms with Gasteiger partial charge in [0.15, 0.2) is 6.61 Å². The van der Waals surface area contributed by atoms with Gasteiger partial charge in [0.25, 0.3) is 0 Å². The number of ether oxygens (including phenoxy) is 3. The maximum atomic E-state index is 12.9. The van der Waals surface area contributed by atoms with Gasteiger partial charge in [-0.1, -0.05) is 11.6 Å². The molecule has 0 saturated carbocycles. The Bertz CT molecular complexity index is 873. The molecule has 0 bridgehead atoms. The molecule has 140 valence electrons. The molecule has 0 aliphatic rings. The largest absolute Gasteiger partial charge is 0.490 e. The van der Waals surface area contributed by atoms with E-state index in [1.54, 1.807) is 0 Å². The molecule has 2 aromatic rings. The highest BCUT2D eigenvalue weighted by atomic mass is 35.5. The van der Waals surface area contributed by atoms with Crippen LogP contribution in [0.5, 0.6) is 11.5 Å². The summed E-state index contributed by atoms with van der Waals surface area (Å²) in [6, 6.07) is 8.99. The molecule has 0 spiro atoms. The Labute approximate surface area is 154 Å². The molecule has 7 nitrogen and oxygen atoms in total. The lowest BCUT2D eigenvalue weighted by Crippen LogP contribution is -2.18. The summed E-state index contributed by atoms with van der Waals surface area (Å²) in [5.41, 5.74) is 0. The number of sulfonamides is 1. The number of esters is 1. The fourth-order valence-electron chi connectivity index (χ4n) is 1.81. The van der Waals surface area contributed by atoms with E-state index in [9.17, 15) is 17.6 Å². The Balaban J connectivity index is 1.70. The van der Waals surface area contributed by atoms with Gasteiger partial charge in [-0.25, -0.2) is 22.7 Å². The third-order valence-corrected chi connectivity index (χ3v) is 4.23. The Morgan fingerprint density at radius 2 is 1.77 bits per heavy atom. The number of halogens is 2. The smallest absolute Gasteiger partial charge is 0.344 e. The summed E-state index contributed by atoms with van der Waals surface area (Å²) in [4.78, 5) is 11.5. The van der Waals surface area contributed by atoms with Crippen molar-refractivity contribution in [1.82, 2.24) is 0 Å². The lowest BCUT2D eigenvalue weighted by atomic mass is 10.3. The third kappa shape index (κ3) is 6.17. The van der Waals surface area contributed by atoms with Crippen LogP contribution in [0.3, 0.4) is 0 Å². The Morgan fingerprint density at radius 1 is 1.08 bits per heavy atom. The zero-order valence-corrected chi connectivity index (χ0v) is 14.9. The first kappa shape index (κ1) is 20.0. The third-order valence-electron chi connectivity index (χ3n) is 3.01. The SMILES string of the molecule is NS(=O)(=O)c1ccc(OCCOC(=O)COc2ccc(F)cc2Cl)cc1. The van der Waals surface area contributed by atoms with E-state index in [1.807, 2.05) is 0 Å². The van der Waals surface area contributed by atoms with E-state index in [1.165, 1.54) is 30.3 Å². The van der Waals surface area contributed by atoms with Crippen LogP contribution in [-0.4, -0.2) is 34.2 Å². The zero-order chi connectivity index (χ0) is 19.2. The van der Waals surface area contributed by atoms with Gasteiger partial charge in [-0.3, -0.25) is 0 Å². The number of rotatable bonds is 8. The minimum Gasteiger partial charge on any atom is -0.490 e. The second kappa shape index (κ2) is 8.84. The molecular formula is C16H15ClFNO6S. The minimum absolute atomic E-state index is 0.0344. The molecule has 0 radical (unpaired) electrons. The van der Waals surface area contributed by atoms with Crippen molar-refractivity contribution < 1.29 is 31.8 Å². The molecule has 0 saturated heterocycles. The fourth-order valence-corrected chi connectivity index (χ4v) is 2.55. The summed E-state index contributed by atoms with van der Waals surface area (Å²) >= 11 is 5.76. The van der Waals surface area contributed by atoms with Crippen LogP contribution in [0.1, 0.15) is 0 Å². The first-order valence-corrected chi connectivity index (χ1v) is 9.17. The monoisotopic (exact) mass is 403 g/mol. The number of hydrogen-bond acceptors (Lipinski definition) is 6. The molecule has 26 heavy (non-hydrogen) atoms. The van der Waals surface area contributed by atoms with E-state index in [0.29, 0.717) is 5.75 Å². The van der Waals surface area contributed by atoms with E-state index in [0.717, 1.165) is 12.1 Å². The maximum absolute atomic E-state index is 12.9. The zero-order valence-electron chi connectivity index (χ0n) is 13.4. The summed E-state index contributed by atoms with van der Waals surface area (Å²) in [5, 5.41) is 5.03. The van der Waals surface area contributed by atoms with Crippen molar-refractivity contribution in [3.63, 3.8) is 0 Å². The van der Waals surface area contributed by atoms with E-state index in [-0.39, 0.29) is 28.9 Å². The van der Waals surface area contributed by atoms with Crippen LogP contribution in [0.25, 0.3) is 0 Å². The molecule has 0 aliphatic heterocycles. The van der Waals surface area contributed by atoms with Crippen molar-refractivity contribution in [3.8, 4) is 11.5 Å². The van der Waals surface area contributed by atoms with Crippen molar-refractivity contribution in [3.05, 3.63) is 53.3 Å². The van der Waals surface area contributed by atoms with Crippen molar-refractivity contribution in [2.24, 2.45) is 5.14 Å². The van der Waals surface area contributed by atoms with E-state index < -0.39 is 28.4 Å². The standard InChI is InChI=1S/C16H15ClFNO6S/c17-14-9-11(18)1-6-15(14)25-10-16(20)24-8-7-23-12-2-4-13(5-3-12)26(19,21)22/h1-6,9H,7-8,10H2,(H2,19,21,22). The van der Waals surface area contributed by atoms with E-state index in [4.69, 9.17) is 31.0 Å². The van der Waals surface area contributed by atoms with Crippen molar-refractivity contribution >= 4 is 27.6 Å². The minimum atomic E-state index is -3.76. The Kier molecular flexibility index (Phi) is 6.78. The molecule has 0 heterocycles. The molecule has 0 aromatic heterocycles. The van der Waals surface area contributed by atoms with Crippen LogP contribution in [0, 0.1) is 5.82 Å². The number of hydrogen-bond donors (Lipinski definition) is 1. The highest BCUT2D eigenvalue weighted by molar-refractivity contribution is 7.89. The predicted molar refractivity (Wildman–Crippen MR) is 91.2 cm³/mol. The second-order valence-corrected chi connectivity index (χ2v) is 6.92. The lowest BCUT2D eigenvalue weighted by molar-refractivity contribution is -0.146. The average molecular weight is 404 g/mol. The van der Waals surface area contributed by atoms with Crippen LogP contribution in [0.2, 0.25) is 5.02 Å². The van der Waals surface area contributed by atoms with Gasteiger partial charge in [0.1, 0.15) is 30.5 Å². The molecular weight excluding hydrogens is 389 g/mol. The van der Waals surface area contributed by atoms with Crippen molar-refractivity contribution in [1.29, 1.82) is 0 Å². The van der Waals surface area contributed by atoms with Gasteiger partial charge in [-0.15, -0.1) is 0 Å². The Morgan fingerprint density at radius 3 is 2.38 bits per heavy atom. The fraction of sp³-hybridized carbons (Fsp3) is 0.188. The van der Waals surface area contributed by atoms with Crippen LogP contribution in [0.15, 0.2) is 47.4 Å². The highest BCUT2D eigenvalue weighted by Crippen LogP contribution is 2.24. The molecule has 2 N–H and O–H groups in total. The van der Waals surface area contributed by atoms with Crippen molar-refractivity contribution in [2.45, 2.75) is 4.90 Å². The summed E-state index contributed by atoms with van der Waals surface area (Å²) in [7, 11) is -3.76. The number of carbonyl (C=O) groups excluding carboxylic acids is 1. The van der Waals surface area contributed by atoms with E-state index in [2.05, 4.69) is 0 Å². The van der Waals surface area contributed by atoms with Crippen LogP contribution < -0.4 is 14.6 Å². The predicted octanol–water partition coefficient (Wildman–Crippen LogP) is 2.13. The molecule has 0 aliphatic carbocycles. The first-order valence-electron chi connectivity index (χ1n) is 7.25. The quantitative estimate of drug-likeness (QED) is 0.534. The average Bonchev–Trinajstić information content (AvgIpc) is 2.57. The first-order chi connectivity index (χ1) is 12.3. The van der Waals surface area contributed by atoms with Gasteiger partial charge < -0.3 is 14.2 Å². The van der Waals surface area contributed by atoms with Gasteiger partial charge in [0, 0.05) is 0 Å². The number of benzene rings is 2. The normalized spacial score (nSPS) is 11.0. The van der Waals surface area contributed by atoms with Crippen LogP contribution >= 0.6 is 11.6 Å². The van der Waals surface area contributed by atoms with E-state index >= 15 is 0 Å². The van der Waals surface area contributed by atoms with Gasteiger partial charge in [0.2, 0.25) is 10.0 Å². The summed E-state index contributed by atoms with van der Waals surface area (Å²) in [5.74, 6) is -0.614. The molecule has 2 rings (SSSR count). The lowest BCUT2D eigenvalue weighted by Gasteiger charge is -2.09. The number of carbonyl (C=O) groups is 1. The second-order valence-electron chi connectivity index (χ2n) is 4.95. The maximum Gasteiger partial charge on any atom is 0.344 e. The van der Waals surface area contributed by atoms with Gasteiger partial charge >= 0.3 is 5.97 Å². The Hall–Kier alpha value is -2.36. The highest BCUT2D eigenvalue weighted by Gasteiger charge is 2.09. The molecule has 2 aromatic carbocycles. The van der Waals surface area contributed by atoms with Crippen LogP contribution in [-0.2, 0) is 19.6 Å². The van der Waals surface area contributed by atoms with Gasteiger partial charge in [-0.2, -0.15) is 0 Å². The topological polar surface area (TPSA) is 105 Å². The summed E-state index contributed by atoms with van der Waals surface area (Å²) in [6.07, 6.45) is 0. The molecule has 0 fully saturated rings. The molecule has 0 amide bonds. The van der Waals surface area contributed by atoms with Crippen molar-refractivity contribution in [2.75, 3.05) is 19.8 Å². The number of nitrogens with two attached hydrogens (primary N) is 1. The number of primary sulfonamides is 1. The van der Waals surface area contributed by atoms with Gasteiger partial charge in [-0.05, 0) is 42.5 Å². The molecule has 0 atom stereocenters. The summed E-state index contributed by atoms with van der Waals surface area (Å²) in [6.45, 7) is -0.386. The molecule has 0 unspecified atom stereocenters.